The summed E-state index contributed by atoms with van der Waals surface area (Å²) in [5.74, 6) is -0.525. The van der Waals surface area contributed by atoms with Crippen molar-refractivity contribution in [3.8, 4) is 0 Å². The molecule has 2 heterocycles. The molecule has 0 N–H and O–H groups in total. The number of anilines is 2. The Morgan fingerprint density at radius 2 is 1.40 bits per heavy atom. The largest absolute Gasteiger partial charge is 0.336 e. The topological polar surface area (TPSA) is 40.6 Å². The van der Waals surface area contributed by atoms with Crippen molar-refractivity contribution < 1.29 is 9.59 Å². The van der Waals surface area contributed by atoms with Crippen molar-refractivity contribution in [1.82, 2.24) is 0 Å². The van der Waals surface area contributed by atoms with Gasteiger partial charge < -0.3 is 4.90 Å². The molecule has 2 aliphatic heterocycles. The lowest BCUT2D eigenvalue weighted by atomic mass is 9.98. The minimum absolute atomic E-state index is 0.259. The molecular formula is C26H22N2O2. The number of imide groups is 1. The van der Waals surface area contributed by atoms with E-state index in [1.165, 1.54) is 10.5 Å². The molecule has 0 spiro atoms. The Labute approximate surface area is 176 Å². The highest BCUT2D eigenvalue weighted by atomic mass is 16.2. The first-order valence-electron chi connectivity index (χ1n) is 10.3. The smallest absolute Gasteiger partial charge is 0.282 e. The van der Waals surface area contributed by atoms with E-state index in [1.54, 1.807) is 0 Å². The van der Waals surface area contributed by atoms with E-state index in [9.17, 15) is 9.59 Å². The van der Waals surface area contributed by atoms with Crippen LogP contribution in [0.4, 0.5) is 11.4 Å². The Kier molecular flexibility index (Phi) is 4.47. The molecule has 3 aromatic rings. The van der Waals surface area contributed by atoms with Crippen LogP contribution in [0.3, 0.4) is 0 Å². The van der Waals surface area contributed by atoms with Crippen molar-refractivity contribution in [2.75, 3.05) is 16.3 Å². The lowest BCUT2D eigenvalue weighted by molar-refractivity contribution is -0.120. The Balaban J connectivity index is 1.71. The third-order valence-corrected chi connectivity index (χ3v) is 5.86. The molecule has 5 rings (SSSR count). The molecule has 4 heteroatoms. The van der Waals surface area contributed by atoms with E-state index < -0.39 is 0 Å². The molecule has 0 unspecified atom stereocenters. The summed E-state index contributed by atoms with van der Waals surface area (Å²) in [6.07, 6.45) is 1.92. The number of amides is 2. The second-order valence-corrected chi connectivity index (χ2v) is 7.71. The summed E-state index contributed by atoms with van der Waals surface area (Å²) in [6.45, 7) is 2.63. The second-order valence-electron chi connectivity index (χ2n) is 7.71. The van der Waals surface area contributed by atoms with Gasteiger partial charge in [0.1, 0.15) is 5.70 Å². The van der Waals surface area contributed by atoms with Gasteiger partial charge in [0.25, 0.3) is 11.8 Å². The van der Waals surface area contributed by atoms with Crippen LogP contribution in [0.25, 0.3) is 5.57 Å². The molecule has 4 nitrogen and oxygen atoms in total. The van der Waals surface area contributed by atoms with Gasteiger partial charge >= 0.3 is 0 Å². The van der Waals surface area contributed by atoms with Gasteiger partial charge in [-0.15, -0.1) is 0 Å². The van der Waals surface area contributed by atoms with Crippen LogP contribution >= 0.6 is 0 Å². The zero-order chi connectivity index (χ0) is 20.7. The van der Waals surface area contributed by atoms with Gasteiger partial charge in [-0.25, -0.2) is 4.90 Å². The van der Waals surface area contributed by atoms with E-state index in [-0.39, 0.29) is 11.8 Å². The van der Waals surface area contributed by atoms with Crippen LogP contribution in [-0.4, -0.2) is 18.4 Å². The zero-order valence-corrected chi connectivity index (χ0v) is 16.8. The predicted molar refractivity (Wildman–Crippen MR) is 119 cm³/mol. The SMILES string of the molecule is Cc1ccccc1N1C(=O)C(c2ccccc2)=C(N2CCCc3ccccc32)C1=O. The number of para-hydroxylation sites is 2. The summed E-state index contributed by atoms with van der Waals surface area (Å²) in [5.41, 5.74) is 5.47. The van der Waals surface area contributed by atoms with Crippen molar-refractivity contribution >= 4 is 28.8 Å². The van der Waals surface area contributed by atoms with E-state index in [0.717, 1.165) is 29.7 Å². The van der Waals surface area contributed by atoms with E-state index in [2.05, 4.69) is 6.07 Å². The molecule has 0 aliphatic carbocycles. The number of hydrogen-bond donors (Lipinski definition) is 0. The quantitative estimate of drug-likeness (QED) is 0.603. The van der Waals surface area contributed by atoms with Gasteiger partial charge in [-0.2, -0.15) is 0 Å². The molecule has 2 aliphatic rings. The van der Waals surface area contributed by atoms with Gasteiger partial charge in [-0.3, -0.25) is 9.59 Å². The normalized spacial score (nSPS) is 16.3. The number of benzene rings is 3. The van der Waals surface area contributed by atoms with E-state index in [1.807, 2.05) is 84.6 Å². The molecule has 2 amide bonds. The third kappa shape index (κ3) is 2.84. The minimum Gasteiger partial charge on any atom is -0.336 e. The Morgan fingerprint density at radius 3 is 2.17 bits per heavy atom. The van der Waals surface area contributed by atoms with Gasteiger partial charge in [-0.1, -0.05) is 66.7 Å². The number of hydrogen-bond acceptors (Lipinski definition) is 3. The summed E-state index contributed by atoms with van der Waals surface area (Å²) >= 11 is 0. The maximum Gasteiger partial charge on any atom is 0.282 e. The molecular weight excluding hydrogens is 372 g/mol. The molecule has 0 atom stereocenters. The zero-order valence-electron chi connectivity index (χ0n) is 16.8. The fourth-order valence-electron chi connectivity index (χ4n) is 4.43. The highest BCUT2D eigenvalue weighted by molar-refractivity contribution is 6.46. The van der Waals surface area contributed by atoms with Gasteiger partial charge in [0.2, 0.25) is 0 Å². The molecule has 3 aromatic carbocycles. The average molecular weight is 394 g/mol. The van der Waals surface area contributed by atoms with Crippen molar-refractivity contribution in [2.24, 2.45) is 0 Å². The molecule has 0 bridgehead atoms. The third-order valence-electron chi connectivity index (χ3n) is 5.86. The van der Waals surface area contributed by atoms with Gasteiger partial charge in [-0.05, 0) is 48.6 Å². The van der Waals surface area contributed by atoms with Gasteiger partial charge in [0, 0.05) is 12.2 Å². The van der Waals surface area contributed by atoms with E-state index in [0.29, 0.717) is 23.5 Å². The lowest BCUT2D eigenvalue weighted by Gasteiger charge is -2.32. The number of carbonyl (C=O) groups is 2. The number of rotatable bonds is 3. The van der Waals surface area contributed by atoms with Crippen LogP contribution in [0.5, 0.6) is 0 Å². The number of aryl methyl sites for hydroxylation is 2. The first kappa shape index (κ1) is 18.4. The fraction of sp³-hybridized carbons (Fsp3) is 0.154. The van der Waals surface area contributed by atoms with Crippen LogP contribution in [-0.2, 0) is 16.0 Å². The number of nitrogens with zero attached hydrogens (tertiary/aromatic N) is 2. The van der Waals surface area contributed by atoms with Crippen LogP contribution in [0.15, 0.2) is 84.6 Å². The lowest BCUT2D eigenvalue weighted by Crippen LogP contribution is -2.37. The molecule has 0 saturated carbocycles. The van der Waals surface area contributed by atoms with Gasteiger partial charge in [0.15, 0.2) is 0 Å². The standard InChI is InChI=1S/C26H22N2O2/c1-18-10-5-7-15-21(18)28-25(29)23(20-12-3-2-4-13-20)24(26(28)30)27-17-9-14-19-11-6-8-16-22(19)27/h2-8,10-13,15-16H,9,14,17H2,1H3. The van der Waals surface area contributed by atoms with Crippen LogP contribution in [0.2, 0.25) is 0 Å². The maximum atomic E-state index is 13.8. The first-order valence-corrected chi connectivity index (χ1v) is 10.3. The predicted octanol–water partition coefficient (Wildman–Crippen LogP) is 4.73. The molecule has 0 radical (unpaired) electrons. The molecule has 30 heavy (non-hydrogen) atoms. The number of carbonyl (C=O) groups excluding carboxylic acids is 2. The molecule has 0 aromatic heterocycles. The molecule has 148 valence electrons. The Morgan fingerprint density at radius 1 is 0.733 bits per heavy atom. The van der Waals surface area contributed by atoms with Crippen molar-refractivity contribution in [1.29, 1.82) is 0 Å². The van der Waals surface area contributed by atoms with Gasteiger partial charge in [0.05, 0.1) is 11.3 Å². The fourth-order valence-corrected chi connectivity index (χ4v) is 4.43. The summed E-state index contributed by atoms with van der Waals surface area (Å²) < 4.78 is 0. The highest BCUT2D eigenvalue weighted by Crippen LogP contribution is 2.39. The van der Waals surface area contributed by atoms with Crippen molar-refractivity contribution in [2.45, 2.75) is 19.8 Å². The maximum absolute atomic E-state index is 13.8. The van der Waals surface area contributed by atoms with Crippen LogP contribution < -0.4 is 9.80 Å². The van der Waals surface area contributed by atoms with Crippen molar-refractivity contribution in [3.63, 3.8) is 0 Å². The average Bonchev–Trinajstić information content (AvgIpc) is 3.04. The van der Waals surface area contributed by atoms with E-state index in [4.69, 9.17) is 0 Å². The van der Waals surface area contributed by atoms with Crippen molar-refractivity contribution in [3.05, 3.63) is 101 Å². The first-order chi connectivity index (χ1) is 14.7. The Hall–Kier alpha value is -3.66. The minimum atomic E-state index is -0.265. The van der Waals surface area contributed by atoms with Crippen LogP contribution in [0.1, 0.15) is 23.1 Å². The summed E-state index contributed by atoms with van der Waals surface area (Å²) in [4.78, 5) is 30.8. The van der Waals surface area contributed by atoms with Crippen LogP contribution in [0, 0.1) is 6.92 Å². The Bertz CT molecular complexity index is 1180. The van der Waals surface area contributed by atoms with E-state index >= 15 is 0 Å². The summed E-state index contributed by atoms with van der Waals surface area (Å²) in [6, 6.07) is 25.2. The molecule has 0 fully saturated rings. The highest BCUT2D eigenvalue weighted by Gasteiger charge is 2.43. The monoisotopic (exact) mass is 394 g/mol. The number of fused-ring (bicyclic) bond motifs is 1. The summed E-state index contributed by atoms with van der Waals surface area (Å²) in [7, 11) is 0. The summed E-state index contributed by atoms with van der Waals surface area (Å²) in [5, 5.41) is 0. The second kappa shape index (κ2) is 7.30. The molecule has 0 saturated heterocycles.